The Morgan fingerprint density at radius 3 is 2.80 bits per heavy atom. The molecule has 2 aromatic rings. The van der Waals surface area contributed by atoms with Gasteiger partial charge in [0.25, 0.3) is 0 Å². The number of nitrogens with one attached hydrogen (secondary N) is 1. The molecule has 1 aromatic heterocycles. The quantitative estimate of drug-likeness (QED) is 0.921. The fraction of sp³-hybridized carbons (Fsp3) is 0.444. The first-order chi connectivity index (χ1) is 12.2. The van der Waals surface area contributed by atoms with Gasteiger partial charge in [-0.1, -0.05) is 24.3 Å². The van der Waals surface area contributed by atoms with E-state index in [4.69, 9.17) is 4.74 Å². The standard InChI is InChI=1S/C18H23N5O2/c1-3-25-18(24)23-10-8-14(9-11-23)20-17-21-16(12-19-22-17)15-7-5-4-6-13(15)2/h4-7,12,14H,3,8-11H2,1-2H3,(H,20,21,22). The van der Waals surface area contributed by atoms with Crippen LogP contribution in [-0.2, 0) is 4.74 Å². The van der Waals surface area contributed by atoms with Crippen molar-refractivity contribution >= 4 is 12.0 Å². The van der Waals surface area contributed by atoms with E-state index in [1.807, 2.05) is 25.1 Å². The molecule has 1 aromatic carbocycles. The van der Waals surface area contributed by atoms with Crippen LogP contribution in [0.15, 0.2) is 30.5 Å². The van der Waals surface area contributed by atoms with E-state index < -0.39 is 0 Å². The van der Waals surface area contributed by atoms with Gasteiger partial charge in [0.05, 0.1) is 18.5 Å². The van der Waals surface area contributed by atoms with Crippen molar-refractivity contribution in [3.63, 3.8) is 0 Å². The smallest absolute Gasteiger partial charge is 0.409 e. The molecule has 3 rings (SSSR count). The van der Waals surface area contributed by atoms with Crippen LogP contribution in [0.25, 0.3) is 11.3 Å². The molecule has 0 bridgehead atoms. The molecule has 1 aliphatic rings. The Hall–Kier alpha value is -2.70. The number of carbonyl (C=O) groups excluding carboxylic acids is 1. The molecule has 7 heteroatoms. The largest absolute Gasteiger partial charge is 0.450 e. The van der Waals surface area contributed by atoms with Gasteiger partial charge in [-0.05, 0) is 32.3 Å². The average Bonchev–Trinajstić information content (AvgIpc) is 2.63. The Kier molecular flexibility index (Phi) is 5.42. The minimum Gasteiger partial charge on any atom is -0.450 e. The van der Waals surface area contributed by atoms with Gasteiger partial charge in [0.1, 0.15) is 0 Å². The summed E-state index contributed by atoms with van der Waals surface area (Å²) in [6.07, 6.45) is 3.10. The molecule has 0 unspecified atom stereocenters. The first-order valence-electron chi connectivity index (χ1n) is 8.61. The number of likely N-dealkylation sites (tertiary alicyclic amines) is 1. The van der Waals surface area contributed by atoms with Crippen LogP contribution in [0.2, 0.25) is 0 Å². The number of nitrogens with zero attached hydrogens (tertiary/aromatic N) is 4. The maximum Gasteiger partial charge on any atom is 0.409 e. The topological polar surface area (TPSA) is 80.2 Å². The predicted octanol–water partition coefficient (Wildman–Crippen LogP) is 2.88. The molecule has 1 saturated heterocycles. The molecule has 7 nitrogen and oxygen atoms in total. The van der Waals surface area contributed by atoms with Gasteiger partial charge in [0, 0.05) is 24.7 Å². The number of ether oxygens (including phenoxy) is 1. The van der Waals surface area contributed by atoms with Gasteiger partial charge in [-0.2, -0.15) is 5.10 Å². The van der Waals surface area contributed by atoms with Crippen LogP contribution in [0.4, 0.5) is 10.7 Å². The second kappa shape index (κ2) is 7.92. The van der Waals surface area contributed by atoms with Crippen molar-refractivity contribution in [2.75, 3.05) is 25.0 Å². The zero-order valence-corrected chi connectivity index (χ0v) is 14.6. The van der Waals surface area contributed by atoms with E-state index in [-0.39, 0.29) is 12.1 Å². The van der Waals surface area contributed by atoms with Crippen LogP contribution >= 0.6 is 0 Å². The van der Waals surface area contributed by atoms with Crippen LogP contribution in [0, 0.1) is 6.92 Å². The normalized spacial score (nSPS) is 15.0. The summed E-state index contributed by atoms with van der Waals surface area (Å²) in [5.41, 5.74) is 3.01. The molecular weight excluding hydrogens is 318 g/mol. The molecule has 1 amide bonds. The molecule has 1 aliphatic heterocycles. The molecule has 0 radical (unpaired) electrons. The van der Waals surface area contributed by atoms with Gasteiger partial charge >= 0.3 is 6.09 Å². The monoisotopic (exact) mass is 341 g/mol. The zero-order chi connectivity index (χ0) is 17.6. The van der Waals surface area contributed by atoms with E-state index in [1.54, 1.807) is 11.1 Å². The Labute approximate surface area is 147 Å². The second-order valence-corrected chi connectivity index (χ2v) is 6.08. The number of amides is 1. The summed E-state index contributed by atoms with van der Waals surface area (Å²) < 4.78 is 5.04. The van der Waals surface area contributed by atoms with Gasteiger partial charge in [0.2, 0.25) is 5.95 Å². The molecular formula is C18H23N5O2. The van der Waals surface area contributed by atoms with Gasteiger partial charge < -0.3 is 15.0 Å². The van der Waals surface area contributed by atoms with E-state index >= 15 is 0 Å². The van der Waals surface area contributed by atoms with Crippen LogP contribution in [-0.4, -0.2) is 51.9 Å². The maximum absolute atomic E-state index is 11.7. The number of hydrogen-bond acceptors (Lipinski definition) is 6. The van der Waals surface area contributed by atoms with Crippen molar-refractivity contribution in [3.05, 3.63) is 36.0 Å². The number of carbonyl (C=O) groups is 1. The summed E-state index contributed by atoms with van der Waals surface area (Å²) >= 11 is 0. The Balaban J connectivity index is 1.62. The molecule has 0 saturated carbocycles. The van der Waals surface area contributed by atoms with Crippen molar-refractivity contribution in [3.8, 4) is 11.3 Å². The maximum atomic E-state index is 11.7. The fourth-order valence-corrected chi connectivity index (χ4v) is 2.96. The first-order valence-corrected chi connectivity index (χ1v) is 8.61. The predicted molar refractivity (Wildman–Crippen MR) is 95.2 cm³/mol. The third-order valence-electron chi connectivity index (χ3n) is 4.33. The van der Waals surface area contributed by atoms with Gasteiger partial charge in [-0.25, -0.2) is 9.78 Å². The average molecular weight is 341 g/mol. The SMILES string of the molecule is CCOC(=O)N1CCC(Nc2nncc(-c3ccccc3C)n2)CC1. The lowest BCUT2D eigenvalue weighted by atomic mass is 10.1. The first kappa shape index (κ1) is 17.1. The van der Waals surface area contributed by atoms with Crippen LogP contribution in [0.5, 0.6) is 0 Å². The number of rotatable bonds is 4. The third-order valence-corrected chi connectivity index (χ3v) is 4.33. The van der Waals surface area contributed by atoms with Crippen LogP contribution in [0.3, 0.4) is 0 Å². The molecule has 0 aliphatic carbocycles. The lowest BCUT2D eigenvalue weighted by molar-refractivity contribution is 0.0983. The number of anilines is 1. The summed E-state index contributed by atoms with van der Waals surface area (Å²) in [6, 6.07) is 8.29. The molecule has 1 fully saturated rings. The summed E-state index contributed by atoms with van der Waals surface area (Å²) in [5.74, 6) is 0.523. The Morgan fingerprint density at radius 1 is 1.32 bits per heavy atom. The van der Waals surface area contributed by atoms with Crippen molar-refractivity contribution < 1.29 is 9.53 Å². The fourth-order valence-electron chi connectivity index (χ4n) is 2.96. The van der Waals surface area contributed by atoms with E-state index in [2.05, 4.69) is 33.5 Å². The van der Waals surface area contributed by atoms with Crippen molar-refractivity contribution in [1.29, 1.82) is 0 Å². The lowest BCUT2D eigenvalue weighted by Gasteiger charge is -2.31. The van der Waals surface area contributed by atoms with Crippen LogP contribution in [0.1, 0.15) is 25.3 Å². The summed E-state index contributed by atoms with van der Waals surface area (Å²) in [4.78, 5) is 18.1. The summed E-state index contributed by atoms with van der Waals surface area (Å²) in [5, 5.41) is 11.5. The molecule has 25 heavy (non-hydrogen) atoms. The van der Waals surface area contributed by atoms with Gasteiger partial charge in [-0.3, -0.25) is 0 Å². The highest BCUT2D eigenvalue weighted by Crippen LogP contribution is 2.21. The van der Waals surface area contributed by atoms with E-state index in [0.29, 0.717) is 25.6 Å². The van der Waals surface area contributed by atoms with E-state index in [1.165, 1.54) is 0 Å². The highest BCUT2D eigenvalue weighted by Gasteiger charge is 2.24. The zero-order valence-electron chi connectivity index (χ0n) is 14.6. The summed E-state index contributed by atoms with van der Waals surface area (Å²) in [6.45, 7) is 5.61. The number of aryl methyl sites for hydroxylation is 1. The number of aromatic nitrogens is 3. The van der Waals surface area contributed by atoms with Gasteiger partial charge in [0.15, 0.2) is 0 Å². The van der Waals surface area contributed by atoms with Crippen LogP contribution < -0.4 is 5.32 Å². The van der Waals surface area contributed by atoms with Crippen molar-refractivity contribution in [1.82, 2.24) is 20.1 Å². The van der Waals surface area contributed by atoms with E-state index in [0.717, 1.165) is 29.7 Å². The summed E-state index contributed by atoms with van der Waals surface area (Å²) in [7, 11) is 0. The number of hydrogen-bond donors (Lipinski definition) is 1. The molecule has 0 atom stereocenters. The third kappa shape index (κ3) is 4.23. The Bertz CT molecular complexity index is 729. The minimum absolute atomic E-state index is 0.222. The minimum atomic E-state index is -0.236. The highest BCUT2D eigenvalue weighted by molar-refractivity contribution is 5.67. The van der Waals surface area contributed by atoms with E-state index in [9.17, 15) is 4.79 Å². The molecule has 0 spiro atoms. The second-order valence-electron chi connectivity index (χ2n) is 6.08. The highest BCUT2D eigenvalue weighted by atomic mass is 16.6. The Morgan fingerprint density at radius 2 is 2.08 bits per heavy atom. The molecule has 1 N–H and O–H groups in total. The lowest BCUT2D eigenvalue weighted by Crippen LogP contribution is -2.42. The number of benzene rings is 1. The number of piperidine rings is 1. The molecule has 132 valence electrons. The van der Waals surface area contributed by atoms with Crippen molar-refractivity contribution in [2.24, 2.45) is 0 Å². The van der Waals surface area contributed by atoms with Gasteiger partial charge in [-0.15, -0.1) is 5.10 Å². The van der Waals surface area contributed by atoms with Crippen molar-refractivity contribution in [2.45, 2.75) is 32.7 Å². The molecule has 2 heterocycles.